The molecule has 5 heteroatoms. The van der Waals surface area contributed by atoms with Crippen LogP contribution in [0.3, 0.4) is 0 Å². The first kappa shape index (κ1) is 13.8. The highest BCUT2D eigenvalue weighted by molar-refractivity contribution is 6.04. The number of aromatic nitrogens is 2. The number of carbonyl (C=O) groups is 1. The summed E-state index contributed by atoms with van der Waals surface area (Å²) in [6.45, 7) is 3.80. The number of nitrogens with zero attached hydrogens (tertiary/aromatic N) is 2. The van der Waals surface area contributed by atoms with Gasteiger partial charge in [-0.25, -0.2) is 4.68 Å². The largest absolute Gasteiger partial charge is 0.340 e. The SMILES string of the molecule is C#CCNC(=O)c1nn(C(C)C)c(=O)c2ccccc12. The van der Waals surface area contributed by atoms with Crippen molar-refractivity contribution < 1.29 is 4.79 Å². The monoisotopic (exact) mass is 269 g/mol. The van der Waals surface area contributed by atoms with Crippen LogP contribution in [0, 0.1) is 12.3 Å². The van der Waals surface area contributed by atoms with Gasteiger partial charge in [-0.15, -0.1) is 6.42 Å². The Hall–Kier alpha value is -2.61. The number of terminal acetylenes is 1. The van der Waals surface area contributed by atoms with E-state index in [1.54, 1.807) is 24.3 Å². The number of hydrogen-bond donors (Lipinski definition) is 1. The van der Waals surface area contributed by atoms with Gasteiger partial charge < -0.3 is 5.32 Å². The summed E-state index contributed by atoms with van der Waals surface area (Å²) in [4.78, 5) is 24.4. The van der Waals surface area contributed by atoms with E-state index in [9.17, 15) is 9.59 Å². The van der Waals surface area contributed by atoms with E-state index in [0.29, 0.717) is 10.8 Å². The minimum absolute atomic E-state index is 0.121. The van der Waals surface area contributed by atoms with Gasteiger partial charge in [-0.3, -0.25) is 9.59 Å². The molecular formula is C15H15N3O2. The average molecular weight is 269 g/mol. The molecule has 0 aliphatic rings. The molecule has 2 aromatic rings. The number of hydrogen-bond acceptors (Lipinski definition) is 3. The van der Waals surface area contributed by atoms with Crippen molar-refractivity contribution in [2.24, 2.45) is 0 Å². The fourth-order valence-electron chi connectivity index (χ4n) is 1.94. The van der Waals surface area contributed by atoms with Gasteiger partial charge in [0.25, 0.3) is 11.5 Å². The van der Waals surface area contributed by atoms with Crippen LogP contribution in [0.5, 0.6) is 0 Å². The van der Waals surface area contributed by atoms with Gasteiger partial charge >= 0.3 is 0 Å². The second-order valence-corrected chi connectivity index (χ2v) is 4.62. The summed E-state index contributed by atoms with van der Waals surface area (Å²) in [7, 11) is 0. The predicted molar refractivity (Wildman–Crippen MR) is 77.6 cm³/mol. The average Bonchev–Trinajstić information content (AvgIpc) is 2.45. The first-order chi connectivity index (χ1) is 9.56. The maximum Gasteiger partial charge on any atom is 0.274 e. The molecule has 1 amide bonds. The molecule has 2 rings (SSSR count). The van der Waals surface area contributed by atoms with E-state index >= 15 is 0 Å². The Morgan fingerprint density at radius 1 is 1.40 bits per heavy atom. The van der Waals surface area contributed by atoms with E-state index in [0.717, 1.165) is 0 Å². The van der Waals surface area contributed by atoms with Crippen LogP contribution in [0.15, 0.2) is 29.1 Å². The highest BCUT2D eigenvalue weighted by Crippen LogP contribution is 2.14. The number of carbonyl (C=O) groups excluding carboxylic acids is 1. The molecule has 102 valence electrons. The number of amides is 1. The fraction of sp³-hybridized carbons (Fsp3) is 0.267. The van der Waals surface area contributed by atoms with Crippen molar-refractivity contribution in [3.05, 3.63) is 40.3 Å². The molecule has 1 aromatic heterocycles. The second kappa shape index (κ2) is 5.57. The van der Waals surface area contributed by atoms with Crippen LogP contribution in [-0.4, -0.2) is 22.2 Å². The Kier molecular flexibility index (Phi) is 3.85. The lowest BCUT2D eigenvalue weighted by Gasteiger charge is -2.12. The zero-order valence-electron chi connectivity index (χ0n) is 11.4. The Bertz CT molecular complexity index is 754. The van der Waals surface area contributed by atoms with Crippen LogP contribution in [0.4, 0.5) is 0 Å². The van der Waals surface area contributed by atoms with Crippen LogP contribution in [0.1, 0.15) is 30.4 Å². The van der Waals surface area contributed by atoms with Gasteiger partial charge in [0.1, 0.15) is 0 Å². The zero-order chi connectivity index (χ0) is 14.7. The van der Waals surface area contributed by atoms with E-state index in [2.05, 4.69) is 16.3 Å². The van der Waals surface area contributed by atoms with Crippen molar-refractivity contribution in [1.82, 2.24) is 15.1 Å². The van der Waals surface area contributed by atoms with Crippen molar-refractivity contribution >= 4 is 16.7 Å². The third-order valence-electron chi connectivity index (χ3n) is 2.88. The molecule has 0 radical (unpaired) electrons. The molecule has 1 aromatic carbocycles. The fourth-order valence-corrected chi connectivity index (χ4v) is 1.94. The van der Waals surface area contributed by atoms with Crippen LogP contribution in [-0.2, 0) is 0 Å². The van der Waals surface area contributed by atoms with Gasteiger partial charge in [0.15, 0.2) is 5.69 Å². The van der Waals surface area contributed by atoms with E-state index in [-0.39, 0.29) is 29.7 Å². The van der Waals surface area contributed by atoms with E-state index in [4.69, 9.17) is 6.42 Å². The molecule has 0 saturated carbocycles. The molecule has 1 heterocycles. The maximum atomic E-state index is 12.3. The van der Waals surface area contributed by atoms with Crippen molar-refractivity contribution in [3.8, 4) is 12.3 Å². The summed E-state index contributed by atoms with van der Waals surface area (Å²) >= 11 is 0. The number of nitrogens with one attached hydrogen (secondary N) is 1. The van der Waals surface area contributed by atoms with Gasteiger partial charge in [-0.05, 0) is 19.9 Å². The first-order valence-corrected chi connectivity index (χ1v) is 6.29. The highest BCUT2D eigenvalue weighted by Gasteiger charge is 2.17. The predicted octanol–water partition coefficient (Wildman–Crippen LogP) is 1.34. The molecule has 0 unspecified atom stereocenters. The zero-order valence-corrected chi connectivity index (χ0v) is 11.4. The van der Waals surface area contributed by atoms with Crippen LogP contribution >= 0.6 is 0 Å². The number of benzene rings is 1. The lowest BCUT2D eigenvalue weighted by molar-refractivity contribution is 0.0953. The van der Waals surface area contributed by atoms with E-state index in [1.807, 2.05) is 13.8 Å². The summed E-state index contributed by atoms with van der Waals surface area (Å²) in [5.74, 6) is 1.96. The standard InChI is InChI=1S/C15H15N3O2/c1-4-9-16-14(19)13-11-7-5-6-8-12(11)15(20)18(17-13)10(2)3/h1,5-8,10H,9H2,2-3H3,(H,16,19). The maximum absolute atomic E-state index is 12.3. The molecule has 1 N–H and O–H groups in total. The quantitative estimate of drug-likeness (QED) is 0.855. The summed E-state index contributed by atoms with van der Waals surface area (Å²) in [5.41, 5.74) is 0.00764. The Balaban J connectivity index is 2.70. The third kappa shape index (κ3) is 2.41. The first-order valence-electron chi connectivity index (χ1n) is 6.29. The molecule has 5 nitrogen and oxygen atoms in total. The molecule has 0 bridgehead atoms. The molecule has 0 aliphatic carbocycles. The third-order valence-corrected chi connectivity index (χ3v) is 2.88. The van der Waals surface area contributed by atoms with Gasteiger partial charge in [0, 0.05) is 5.39 Å². The topological polar surface area (TPSA) is 64.0 Å². The Morgan fingerprint density at radius 3 is 2.65 bits per heavy atom. The van der Waals surface area contributed by atoms with Crippen molar-refractivity contribution in [2.75, 3.05) is 6.54 Å². The molecule has 20 heavy (non-hydrogen) atoms. The minimum Gasteiger partial charge on any atom is -0.340 e. The number of rotatable bonds is 3. The minimum atomic E-state index is -0.381. The number of fused-ring (bicyclic) bond motifs is 1. The summed E-state index contributed by atoms with van der Waals surface area (Å²) < 4.78 is 1.31. The van der Waals surface area contributed by atoms with Gasteiger partial charge in [-0.1, -0.05) is 24.1 Å². The summed E-state index contributed by atoms with van der Waals surface area (Å²) in [5, 5.41) is 7.76. The van der Waals surface area contributed by atoms with Crippen molar-refractivity contribution in [1.29, 1.82) is 0 Å². The smallest absolute Gasteiger partial charge is 0.274 e. The van der Waals surface area contributed by atoms with Gasteiger partial charge in [-0.2, -0.15) is 5.10 Å². The lowest BCUT2D eigenvalue weighted by atomic mass is 10.1. The van der Waals surface area contributed by atoms with Gasteiger partial charge in [0.05, 0.1) is 18.0 Å². The normalized spacial score (nSPS) is 10.5. The second-order valence-electron chi connectivity index (χ2n) is 4.62. The Labute approximate surface area is 116 Å². The molecule has 0 aliphatic heterocycles. The molecule has 0 atom stereocenters. The molecular weight excluding hydrogens is 254 g/mol. The van der Waals surface area contributed by atoms with Crippen molar-refractivity contribution in [3.63, 3.8) is 0 Å². The van der Waals surface area contributed by atoms with Crippen LogP contribution in [0.25, 0.3) is 10.8 Å². The summed E-state index contributed by atoms with van der Waals surface area (Å²) in [6.07, 6.45) is 5.13. The van der Waals surface area contributed by atoms with Crippen molar-refractivity contribution in [2.45, 2.75) is 19.9 Å². The highest BCUT2D eigenvalue weighted by atomic mass is 16.2. The van der Waals surface area contributed by atoms with Gasteiger partial charge in [0.2, 0.25) is 0 Å². The molecule has 0 spiro atoms. The van der Waals surface area contributed by atoms with Crippen LogP contribution in [0.2, 0.25) is 0 Å². The van der Waals surface area contributed by atoms with Crippen LogP contribution < -0.4 is 10.9 Å². The molecule has 0 saturated heterocycles. The van der Waals surface area contributed by atoms with E-state index < -0.39 is 0 Å². The summed E-state index contributed by atoms with van der Waals surface area (Å²) in [6, 6.07) is 6.79. The molecule has 0 fully saturated rings. The Morgan fingerprint density at radius 2 is 2.05 bits per heavy atom. The lowest BCUT2D eigenvalue weighted by Crippen LogP contribution is -2.31. The van der Waals surface area contributed by atoms with E-state index in [1.165, 1.54) is 4.68 Å².